The number of nitrogens with zero attached hydrogens (tertiary/aromatic N) is 3. The smallest absolute Gasteiger partial charge is 0.234 e. The fraction of sp³-hybridized carbons (Fsp3) is 0.400. The van der Waals surface area contributed by atoms with Gasteiger partial charge in [0.2, 0.25) is 5.91 Å². The van der Waals surface area contributed by atoms with Crippen LogP contribution in [0.5, 0.6) is 23.0 Å². The number of ether oxygens (including phenoxy) is 4. The van der Waals surface area contributed by atoms with Crippen LogP contribution in [0.25, 0.3) is 0 Å². The van der Waals surface area contributed by atoms with Crippen molar-refractivity contribution in [2.45, 2.75) is 38.6 Å². The zero-order chi connectivity index (χ0) is 25.4. The summed E-state index contributed by atoms with van der Waals surface area (Å²) in [7, 11) is 4.73. The predicted octanol–water partition coefficient (Wildman–Crippen LogP) is 4.83. The van der Waals surface area contributed by atoms with Crippen LogP contribution in [0.3, 0.4) is 0 Å². The zero-order valence-electron chi connectivity index (χ0n) is 20.9. The number of hydrogen-bond donors (Lipinski definition) is 1. The van der Waals surface area contributed by atoms with E-state index in [-0.39, 0.29) is 17.8 Å². The molecular weight excluding hydrogens is 468 g/mol. The normalized spacial score (nSPS) is 11.7. The molecule has 1 amide bonds. The van der Waals surface area contributed by atoms with Gasteiger partial charge in [-0.15, -0.1) is 10.2 Å². The number of carbonyl (C=O) groups is 1. The highest BCUT2D eigenvalue weighted by Gasteiger charge is 2.22. The van der Waals surface area contributed by atoms with E-state index in [2.05, 4.69) is 29.4 Å². The van der Waals surface area contributed by atoms with Gasteiger partial charge in [-0.05, 0) is 37.1 Å². The number of carbonyl (C=O) groups excluding carboxylic acids is 1. The van der Waals surface area contributed by atoms with Gasteiger partial charge in [0.05, 0.1) is 32.8 Å². The van der Waals surface area contributed by atoms with Gasteiger partial charge in [0.1, 0.15) is 11.5 Å². The van der Waals surface area contributed by atoms with Crippen molar-refractivity contribution in [3.05, 3.63) is 48.3 Å². The monoisotopic (exact) mass is 500 g/mol. The largest absolute Gasteiger partial charge is 0.497 e. The summed E-state index contributed by atoms with van der Waals surface area (Å²) in [6.07, 6.45) is -0.371. The lowest BCUT2D eigenvalue weighted by Crippen LogP contribution is -2.17. The molecule has 2 aromatic carbocycles. The molecule has 0 bridgehead atoms. The Morgan fingerprint density at radius 3 is 2.34 bits per heavy atom. The van der Waals surface area contributed by atoms with Gasteiger partial charge < -0.3 is 28.8 Å². The average molecular weight is 501 g/mol. The number of aromatic nitrogens is 3. The van der Waals surface area contributed by atoms with Crippen LogP contribution in [-0.4, -0.2) is 47.8 Å². The predicted molar refractivity (Wildman–Crippen MR) is 136 cm³/mol. The molecule has 0 saturated heterocycles. The molecule has 35 heavy (non-hydrogen) atoms. The molecule has 0 fully saturated rings. The molecule has 1 N–H and O–H groups in total. The summed E-state index contributed by atoms with van der Waals surface area (Å²) in [6.45, 7) is 6.85. The Kier molecular flexibility index (Phi) is 9.25. The highest BCUT2D eigenvalue weighted by atomic mass is 32.2. The number of nitrogens with one attached hydrogen (secondary N) is 1. The second-order valence-electron chi connectivity index (χ2n) is 8.16. The first-order chi connectivity index (χ1) is 16.9. The molecule has 0 aliphatic heterocycles. The zero-order valence-corrected chi connectivity index (χ0v) is 21.7. The summed E-state index contributed by atoms with van der Waals surface area (Å²) in [5.41, 5.74) is 0.571. The molecule has 0 aliphatic carbocycles. The van der Waals surface area contributed by atoms with E-state index in [0.717, 1.165) is 0 Å². The van der Waals surface area contributed by atoms with Gasteiger partial charge in [0.25, 0.3) is 0 Å². The molecule has 1 heterocycles. The molecule has 3 aromatic rings. The SMILES string of the molecule is COc1ccc(NC(=O)CSc2nnc(C(C)Oc3ccccc3OC)n2CC(C)C)c(OC)c1. The van der Waals surface area contributed by atoms with Gasteiger partial charge >= 0.3 is 0 Å². The number of anilines is 1. The van der Waals surface area contributed by atoms with E-state index < -0.39 is 0 Å². The molecule has 1 atom stereocenters. The molecule has 1 aromatic heterocycles. The Bertz CT molecular complexity index is 1130. The number of rotatable bonds is 12. The van der Waals surface area contributed by atoms with Gasteiger partial charge in [0.15, 0.2) is 28.6 Å². The van der Waals surface area contributed by atoms with Gasteiger partial charge in [-0.3, -0.25) is 4.79 Å². The summed E-state index contributed by atoms with van der Waals surface area (Å²) in [5, 5.41) is 12.3. The van der Waals surface area contributed by atoms with Crippen LogP contribution in [0, 0.1) is 5.92 Å². The Morgan fingerprint density at radius 1 is 0.971 bits per heavy atom. The minimum absolute atomic E-state index is 0.160. The second-order valence-corrected chi connectivity index (χ2v) is 9.10. The van der Waals surface area contributed by atoms with E-state index >= 15 is 0 Å². The van der Waals surface area contributed by atoms with E-state index in [4.69, 9.17) is 18.9 Å². The molecule has 3 rings (SSSR count). The number of amides is 1. The third-order valence-electron chi connectivity index (χ3n) is 5.04. The third-order valence-corrected chi connectivity index (χ3v) is 6.01. The van der Waals surface area contributed by atoms with Gasteiger partial charge in [-0.1, -0.05) is 37.7 Å². The number of para-hydroxylation sites is 2. The molecule has 0 spiro atoms. The fourth-order valence-electron chi connectivity index (χ4n) is 3.42. The molecule has 1 unspecified atom stereocenters. The molecule has 0 aliphatic rings. The summed E-state index contributed by atoms with van der Waals surface area (Å²) >= 11 is 1.32. The van der Waals surface area contributed by atoms with Crippen molar-refractivity contribution < 1.29 is 23.7 Å². The maximum Gasteiger partial charge on any atom is 0.234 e. The fourth-order valence-corrected chi connectivity index (χ4v) is 4.18. The van der Waals surface area contributed by atoms with Crippen LogP contribution in [0.4, 0.5) is 5.69 Å². The maximum atomic E-state index is 12.7. The number of benzene rings is 2. The maximum absolute atomic E-state index is 12.7. The minimum Gasteiger partial charge on any atom is -0.497 e. The van der Waals surface area contributed by atoms with E-state index in [1.807, 2.05) is 35.8 Å². The summed E-state index contributed by atoms with van der Waals surface area (Å²) in [5.74, 6) is 3.45. The Labute approximate surface area is 210 Å². The first kappa shape index (κ1) is 26.2. The van der Waals surface area contributed by atoms with Crippen LogP contribution < -0.4 is 24.3 Å². The van der Waals surface area contributed by atoms with Gasteiger partial charge in [-0.2, -0.15) is 0 Å². The molecule has 10 heteroatoms. The van der Waals surface area contributed by atoms with Crippen molar-refractivity contribution in [3.63, 3.8) is 0 Å². The number of thioether (sulfide) groups is 1. The quantitative estimate of drug-likeness (QED) is 0.353. The first-order valence-electron chi connectivity index (χ1n) is 11.2. The molecule has 0 saturated carbocycles. The molecule has 188 valence electrons. The summed E-state index contributed by atoms with van der Waals surface area (Å²) < 4.78 is 24.1. The lowest BCUT2D eigenvalue weighted by Gasteiger charge is -2.19. The van der Waals surface area contributed by atoms with E-state index in [9.17, 15) is 4.79 Å². The van der Waals surface area contributed by atoms with Crippen LogP contribution in [0.2, 0.25) is 0 Å². The van der Waals surface area contributed by atoms with Gasteiger partial charge in [-0.25, -0.2) is 0 Å². The number of hydrogen-bond acceptors (Lipinski definition) is 8. The van der Waals surface area contributed by atoms with Gasteiger partial charge in [0, 0.05) is 12.6 Å². The molecular formula is C25H32N4O5S. The lowest BCUT2D eigenvalue weighted by molar-refractivity contribution is -0.113. The van der Waals surface area contributed by atoms with Crippen molar-refractivity contribution in [1.29, 1.82) is 0 Å². The lowest BCUT2D eigenvalue weighted by atomic mass is 10.2. The van der Waals surface area contributed by atoms with E-state index in [0.29, 0.717) is 52.1 Å². The van der Waals surface area contributed by atoms with Crippen molar-refractivity contribution in [2.24, 2.45) is 5.92 Å². The van der Waals surface area contributed by atoms with Crippen molar-refractivity contribution in [2.75, 3.05) is 32.4 Å². The molecule has 9 nitrogen and oxygen atoms in total. The van der Waals surface area contributed by atoms with Crippen LogP contribution in [0.15, 0.2) is 47.6 Å². The van der Waals surface area contributed by atoms with Crippen molar-refractivity contribution >= 4 is 23.4 Å². The minimum atomic E-state index is -0.371. The van der Waals surface area contributed by atoms with Crippen LogP contribution in [-0.2, 0) is 11.3 Å². The van der Waals surface area contributed by atoms with Crippen molar-refractivity contribution in [3.8, 4) is 23.0 Å². The third kappa shape index (κ3) is 6.82. The summed E-state index contributed by atoms with van der Waals surface area (Å²) in [6, 6.07) is 12.7. The molecule has 0 radical (unpaired) electrons. The highest BCUT2D eigenvalue weighted by molar-refractivity contribution is 7.99. The number of methoxy groups -OCH3 is 3. The second kappa shape index (κ2) is 12.3. The van der Waals surface area contributed by atoms with Crippen LogP contribution >= 0.6 is 11.8 Å². The van der Waals surface area contributed by atoms with Crippen molar-refractivity contribution in [1.82, 2.24) is 14.8 Å². The summed E-state index contributed by atoms with van der Waals surface area (Å²) in [4.78, 5) is 12.7. The van der Waals surface area contributed by atoms with E-state index in [1.54, 1.807) is 39.5 Å². The van der Waals surface area contributed by atoms with Crippen LogP contribution in [0.1, 0.15) is 32.7 Å². The Hall–Kier alpha value is -3.40. The Morgan fingerprint density at radius 2 is 1.69 bits per heavy atom. The average Bonchev–Trinajstić information content (AvgIpc) is 3.25. The standard InChI is InChI=1S/C25H32N4O5S/c1-16(2)14-29-24(17(3)34-21-10-8-7-9-20(21)32-5)27-28-25(29)35-15-23(30)26-19-12-11-18(31-4)13-22(19)33-6/h7-13,16-17H,14-15H2,1-6H3,(H,26,30). The van der Waals surface area contributed by atoms with E-state index in [1.165, 1.54) is 11.8 Å². The highest BCUT2D eigenvalue weighted by Crippen LogP contribution is 2.32. The topological polar surface area (TPSA) is 96.7 Å². The Balaban J connectivity index is 1.72. The first-order valence-corrected chi connectivity index (χ1v) is 12.2.